The fraction of sp³-hybridized carbons (Fsp3) is 0.977. The van der Waals surface area contributed by atoms with E-state index in [-0.39, 0.29) is 66.0 Å². The molecule has 6 aliphatic heterocycles. The van der Waals surface area contributed by atoms with E-state index in [1.165, 1.54) is 6.92 Å². The highest BCUT2D eigenvalue weighted by molar-refractivity contribution is 5.70. The average molecular weight is 829 g/mol. The number of methoxy groups -OCH3 is 4. The molecule has 3 N–H and O–H groups in total. The fourth-order valence-corrected chi connectivity index (χ4v) is 12.5. The molecule has 6 fully saturated rings. The van der Waals surface area contributed by atoms with Gasteiger partial charge >= 0.3 is 5.97 Å². The standard InChI is InChI=1S/C44H76O14/c1-21-29(49-12)20-43(56-31(21)22(2)32-23(3)34(51-14)27(7)44(48,57-32)28(8)39(45)46)19-18-40(9,58-43)30-16-17-41(10,54-30)38-25(5)35(52-15)37(53-38)36-24(4)33(50-13)26(6)42(11,47)55-36/h21-38,47-48H,16-20H2,1-15H3,(H,45,46)/t21-,22+,23-,24-,25+,26+,27-,28-,29+,30-,31-,32-,33+,34+,35+,36-,37+,38+,40+,41+,42+,43-,44-/m1/s1. The predicted octanol–water partition coefficient (Wildman–Crippen LogP) is 5.17. The van der Waals surface area contributed by atoms with E-state index in [1.807, 2.05) is 20.8 Å². The summed E-state index contributed by atoms with van der Waals surface area (Å²) in [5, 5.41) is 33.1. The van der Waals surface area contributed by atoms with Gasteiger partial charge in [-0.05, 0) is 47.0 Å². The van der Waals surface area contributed by atoms with Crippen LogP contribution in [0, 0.1) is 47.3 Å². The third-order valence-corrected chi connectivity index (χ3v) is 16.3. The van der Waals surface area contributed by atoms with E-state index in [4.69, 9.17) is 47.4 Å². The van der Waals surface area contributed by atoms with Gasteiger partial charge in [-0.2, -0.15) is 0 Å². The van der Waals surface area contributed by atoms with E-state index >= 15 is 0 Å². The molecule has 0 unspecified atom stereocenters. The number of rotatable bonds is 11. The lowest BCUT2D eigenvalue weighted by Gasteiger charge is -2.55. The zero-order chi connectivity index (χ0) is 43.1. The second-order valence-electron chi connectivity index (χ2n) is 19.9. The van der Waals surface area contributed by atoms with Gasteiger partial charge in [-0.15, -0.1) is 0 Å². The highest BCUT2D eigenvalue weighted by atomic mass is 16.7. The molecular formula is C44H76O14. The second-order valence-corrected chi connectivity index (χ2v) is 19.9. The maximum absolute atomic E-state index is 12.2. The Balaban J connectivity index is 1.19. The maximum Gasteiger partial charge on any atom is 0.311 e. The summed E-state index contributed by atoms with van der Waals surface area (Å²) >= 11 is 0. The van der Waals surface area contributed by atoms with Crippen LogP contribution in [-0.4, -0.2) is 139 Å². The maximum atomic E-state index is 12.2. The summed E-state index contributed by atoms with van der Waals surface area (Å²) < 4.78 is 65.4. The van der Waals surface area contributed by atoms with Crippen LogP contribution in [0.1, 0.15) is 108 Å². The lowest BCUT2D eigenvalue weighted by atomic mass is 9.71. The summed E-state index contributed by atoms with van der Waals surface area (Å²) in [6, 6.07) is 0. The number of aliphatic hydroxyl groups is 2. The van der Waals surface area contributed by atoms with Crippen LogP contribution >= 0.6 is 0 Å². The summed E-state index contributed by atoms with van der Waals surface area (Å²) in [7, 11) is 6.70. The summed E-state index contributed by atoms with van der Waals surface area (Å²) in [5.41, 5.74) is -1.32. The summed E-state index contributed by atoms with van der Waals surface area (Å²) in [4.78, 5) is 12.2. The Morgan fingerprint density at radius 2 is 1.28 bits per heavy atom. The number of carboxylic acids is 1. The predicted molar refractivity (Wildman–Crippen MR) is 212 cm³/mol. The fourth-order valence-electron chi connectivity index (χ4n) is 12.5. The zero-order valence-corrected chi connectivity index (χ0v) is 37.8. The monoisotopic (exact) mass is 829 g/mol. The number of aliphatic carboxylic acids is 1. The molecule has 336 valence electrons. The van der Waals surface area contributed by atoms with E-state index in [1.54, 1.807) is 42.3 Å². The summed E-state index contributed by atoms with van der Waals surface area (Å²) in [6.07, 6.45) is -0.175. The van der Waals surface area contributed by atoms with Gasteiger partial charge in [0.15, 0.2) is 17.4 Å². The van der Waals surface area contributed by atoms with Gasteiger partial charge in [0.1, 0.15) is 12.0 Å². The van der Waals surface area contributed by atoms with Crippen molar-refractivity contribution in [1.29, 1.82) is 0 Å². The molecule has 58 heavy (non-hydrogen) atoms. The van der Waals surface area contributed by atoms with E-state index in [9.17, 15) is 20.1 Å². The molecule has 14 nitrogen and oxygen atoms in total. The van der Waals surface area contributed by atoms with Gasteiger partial charge in [-0.25, -0.2) is 0 Å². The minimum absolute atomic E-state index is 0.0300. The molecule has 0 saturated carbocycles. The van der Waals surface area contributed by atoms with E-state index in [0.29, 0.717) is 19.3 Å². The number of ether oxygens (including phenoxy) is 10. The highest BCUT2D eigenvalue weighted by Gasteiger charge is 2.64. The molecule has 1 spiro atoms. The van der Waals surface area contributed by atoms with Crippen LogP contribution in [0.25, 0.3) is 0 Å². The van der Waals surface area contributed by atoms with Gasteiger partial charge in [0, 0.05) is 82.7 Å². The van der Waals surface area contributed by atoms with Crippen LogP contribution in [0.4, 0.5) is 0 Å². The average Bonchev–Trinajstić information content (AvgIpc) is 3.85. The van der Waals surface area contributed by atoms with Crippen LogP contribution < -0.4 is 0 Å². The molecule has 0 amide bonds. The van der Waals surface area contributed by atoms with Crippen molar-refractivity contribution in [1.82, 2.24) is 0 Å². The van der Waals surface area contributed by atoms with Crippen LogP contribution in [0.3, 0.4) is 0 Å². The third kappa shape index (κ3) is 7.62. The smallest absolute Gasteiger partial charge is 0.311 e. The van der Waals surface area contributed by atoms with Crippen molar-refractivity contribution in [3.05, 3.63) is 0 Å². The van der Waals surface area contributed by atoms with E-state index in [0.717, 1.165) is 12.8 Å². The molecule has 6 saturated heterocycles. The quantitative estimate of drug-likeness (QED) is 0.249. The number of carbonyl (C=O) groups is 1. The number of carboxylic acid groups (broad SMARTS) is 1. The molecule has 6 rings (SSSR count). The normalized spacial score (nSPS) is 54.8. The largest absolute Gasteiger partial charge is 0.481 e. The molecule has 0 aromatic carbocycles. The first kappa shape index (κ1) is 46.5. The third-order valence-electron chi connectivity index (χ3n) is 16.3. The Labute approximate surface area is 346 Å². The van der Waals surface area contributed by atoms with Crippen molar-refractivity contribution >= 4 is 5.97 Å². The molecule has 0 bridgehead atoms. The summed E-state index contributed by atoms with van der Waals surface area (Å²) in [6.45, 7) is 21.6. The van der Waals surface area contributed by atoms with E-state index < -0.39 is 76.9 Å². The Kier molecular flexibility index (Phi) is 13.3. The molecule has 0 aromatic rings. The number of hydrogen-bond acceptors (Lipinski definition) is 13. The summed E-state index contributed by atoms with van der Waals surface area (Å²) in [5.74, 6) is -8.04. The van der Waals surface area contributed by atoms with Gasteiger partial charge in [-0.1, -0.05) is 48.5 Å². The molecule has 6 heterocycles. The van der Waals surface area contributed by atoms with Gasteiger partial charge in [0.2, 0.25) is 0 Å². The van der Waals surface area contributed by atoms with Crippen molar-refractivity contribution < 1.29 is 67.5 Å². The van der Waals surface area contributed by atoms with Gasteiger partial charge in [-0.3, -0.25) is 4.79 Å². The van der Waals surface area contributed by atoms with Crippen LogP contribution in [0.15, 0.2) is 0 Å². The molecule has 0 aromatic heterocycles. The molecular weight excluding hydrogens is 752 g/mol. The van der Waals surface area contributed by atoms with Crippen LogP contribution in [0.2, 0.25) is 0 Å². The lowest BCUT2D eigenvalue weighted by Crippen LogP contribution is -2.65. The van der Waals surface area contributed by atoms with Gasteiger partial charge in [0.05, 0.1) is 66.1 Å². The number of hydrogen-bond donors (Lipinski definition) is 3. The van der Waals surface area contributed by atoms with Gasteiger partial charge in [0.25, 0.3) is 0 Å². The minimum Gasteiger partial charge on any atom is -0.481 e. The van der Waals surface area contributed by atoms with Crippen LogP contribution in [0.5, 0.6) is 0 Å². The molecule has 6 aliphatic rings. The molecule has 23 atom stereocenters. The van der Waals surface area contributed by atoms with Crippen molar-refractivity contribution in [2.45, 2.75) is 198 Å². The minimum atomic E-state index is -1.95. The topological polar surface area (TPSA) is 170 Å². The first-order valence-corrected chi connectivity index (χ1v) is 21.8. The Morgan fingerprint density at radius 1 is 0.672 bits per heavy atom. The lowest BCUT2D eigenvalue weighted by molar-refractivity contribution is -0.366. The van der Waals surface area contributed by atoms with Crippen molar-refractivity contribution in [3.63, 3.8) is 0 Å². The first-order chi connectivity index (χ1) is 27.0. The molecule has 0 aliphatic carbocycles. The van der Waals surface area contributed by atoms with E-state index in [2.05, 4.69) is 34.6 Å². The second kappa shape index (κ2) is 16.6. The van der Waals surface area contributed by atoms with Gasteiger partial charge < -0.3 is 62.7 Å². The Bertz CT molecular complexity index is 1450. The van der Waals surface area contributed by atoms with Crippen molar-refractivity contribution in [2.75, 3.05) is 28.4 Å². The first-order valence-electron chi connectivity index (χ1n) is 21.8. The zero-order valence-electron chi connectivity index (χ0n) is 37.8. The van der Waals surface area contributed by atoms with Crippen molar-refractivity contribution in [3.8, 4) is 0 Å². The van der Waals surface area contributed by atoms with Crippen molar-refractivity contribution in [2.24, 2.45) is 47.3 Å². The molecule has 0 radical (unpaired) electrons. The Hall–Kier alpha value is -1.01. The Morgan fingerprint density at radius 3 is 1.86 bits per heavy atom. The molecule has 14 heteroatoms. The van der Waals surface area contributed by atoms with Crippen LogP contribution in [-0.2, 0) is 52.2 Å². The SMILES string of the molecule is CO[C@H]1[C@H](C)[C@@H]([C@]2(C)CC[C@H]([C@]3(C)CC[C@]4(C[C@H](OC)[C@@H](C)[C@H]([C@H](C)[C@H]5O[C@@](O)([C@H](C)C(=O)O)[C@H](C)[C@@H](OC)[C@@H]5C)O4)O3)O2)O[C@@H]1[C@@H]1O[C@](C)(O)[C@@H](C)[C@@H](OC)[C@H]1C. The highest BCUT2D eigenvalue weighted by Crippen LogP contribution is 2.55.